The van der Waals surface area contributed by atoms with Crippen LogP contribution in [0.5, 0.6) is 0 Å². The van der Waals surface area contributed by atoms with E-state index in [1.54, 1.807) is 11.0 Å². The van der Waals surface area contributed by atoms with Gasteiger partial charge in [-0.25, -0.2) is 0 Å². The minimum absolute atomic E-state index is 0.0377. The summed E-state index contributed by atoms with van der Waals surface area (Å²) < 4.78 is 0. The Labute approximate surface area is 174 Å². The number of nitrogens with zero attached hydrogens (tertiary/aromatic N) is 2. The van der Waals surface area contributed by atoms with Gasteiger partial charge in [-0.2, -0.15) is 0 Å². The highest BCUT2D eigenvalue weighted by atomic mass is 16.2. The molecule has 0 aliphatic carbocycles. The summed E-state index contributed by atoms with van der Waals surface area (Å²) in [4.78, 5) is 29.3. The van der Waals surface area contributed by atoms with Crippen LogP contribution in [0, 0.1) is 0 Å². The lowest BCUT2D eigenvalue weighted by molar-refractivity contribution is 0.0773. The van der Waals surface area contributed by atoms with Gasteiger partial charge in [0.05, 0.1) is 5.56 Å². The molecule has 0 heterocycles. The van der Waals surface area contributed by atoms with Crippen molar-refractivity contribution in [3.63, 3.8) is 0 Å². The van der Waals surface area contributed by atoms with Crippen molar-refractivity contribution in [2.45, 2.75) is 40.0 Å². The molecule has 0 aliphatic rings. The van der Waals surface area contributed by atoms with Gasteiger partial charge in [0.1, 0.15) is 0 Å². The molecule has 0 spiro atoms. The fourth-order valence-electron chi connectivity index (χ4n) is 3.18. The third kappa shape index (κ3) is 5.37. The molecule has 1 N–H and O–H groups in total. The number of rotatable bonds is 6. The predicted molar refractivity (Wildman–Crippen MR) is 121 cm³/mol. The maximum Gasteiger partial charge on any atom is 0.256 e. The highest BCUT2D eigenvalue weighted by molar-refractivity contribution is 6.06. The molecule has 2 amide bonds. The van der Waals surface area contributed by atoms with Crippen molar-refractivity contribution >= 4 is 23.2 Å². The van der Waals surface area contributed by atoms with E-state index in [9.17, 15) is 9.59 Å². The second-order valence-electron chi connectivity index (χ2n) is 8.39. The first kappa shape index (κ1) is 22.5. The van der Waals surface area contributed by atoms with Crippen LogP contribution in [-0.4, -0.2) is 43.9 Å². The van der Waals surface area contributed by atoms with Crippen molar-refractivity contribution in [2.24, 2.45) is 0 Å². The van der Waals surface area contributed by atoms with E-state index in [-0.39, 0.29) is 17.2 Å². The number of hydrogen-bond acceptors (Lipinski definition) is 3. The summed E-state index contributed by atoms with van der Waals surface area (Å²) in [6.45, 7) is 11.6. The first-order valence-electron chi connectivity index (χ1n) is 10.1. The number of anilines is 2. The van der Waals surface area contributed by atoms with E-state index < -0.39 is 0 Å². The molecule has 0 unspecified atom stereocenters. The van der Waals surface area contributed by atoms with E-state index in [4.69, 9.17) is 0 Å². The zero-order chi connectivity index (χ0) is 21.8. The second-order valence-corrected chi connectivity index (χ2v) is 8.39. The van der Waals surface area contributed by atoms with Crippen LogP contribution in [0.2, 0.25) is 0 Å². The summed E-state index contributed by atoms with van der Waals surface area (Å²) in [7, 11) is 3.81. The lowest BCUT2D eigenvalue weighted by atomic mass is 9.87. The van der Waals surface area contributed by atoms with E-state index in [1.165, 1.54) is 5.56 Å². The van der Waals surface area contributed by atoms with E-state index in [2.05, 4.69) is 26.1 Å². The SMILES string of the molecule is CCN(CC)C(=O)c1cc(NC(=O)c2ccc(C(C)(C)C)cc2)ccc1N(C)C. The number of hydrogen-bond donors (Lipinski definition) is 1. The highest BCUT2D eigenvalue weighted by Crippen LogP contribution is 2.26. The van der Waals surface area contributed by atoms with E-state index in [0.29, 0.717) is 29.9 Å². The van der Waals surface area contributed by atoms with Gasteiger partial charge in [-0.05, 0) is 55.2 Å². The third-order valence-corrected chi connectivity index (χ3v) is 5.03. The molecule has 0 aromatic heterocycles. The van der Waals surface area contributed by atoms with Gasteiger partial charge in [-0.1, -0.05) is 32.9 Å². The molecule has 0 fully saturated rings. The molecular formula is C24H33N3O2. The number of carbonyl (C=O) groups excluding carboxylic acids is 2. The van der Waals surface area contributed by atoms with Crippen LogP contribution in [0.25, 0.3) is 0 Å². The molecule has 5 nitrogen and oxygen atoms in total. The molecule has 0 saturated carbocycles. The van der Waals surface area contributed by atoms with Crippen LogP contribution in [0.4, 0.5) is 11.4 Å². The van der Waals surface area contributed by atoms with Crippen molar-refractivity contribution in [3.05, 3.63) is 59.2 Å². The van der Waals surface area contributed by atoms with Gasteiger partial charge in [0.25, 0.3) is 11.8 Å². The first-order valence-corrected chi connectivity index (χ1v) is 10.1. The average Bonchev–Trinajstić information content (AvgIpc) is 2.68. The van der Waals surface area contributed by atoms with Crippen molar-refractivity contribution in [1.29, 1.82) is 0 Å². The fraction of sp³-hybridized carbons (Fsp3) is 0.417. The normalized spacial score (nSPS) is 11.1. The Hall–Kier alpha value is -2.82. The van der Waals surface area contributed by atoms with Gasteiger partial charge in [0.15, 0.2) is 0 Å². The van der Waals surface area contributed by atoms with Gasteiger partial charge in [-0.15, -0.1) is 0 Å². The predicted octanol–water partition coefficient (Wildman–Crippen LogP) is 4.78. The van der Waals surface area contributed by atoms with Gasteiger partial charge < -0.3 is 15.1 Å². The molecule has 0 radical (unpaired) electrons. The maximum atomic E-state index is 13.0. The first-order chi connectivity index (χ1) is 13.6. The quantitative estimate of drug-likeness (QED) is 0.765. The van der Waals surface area contributed by atoms with Crippen LogP contribution < -0.4 is 10.2 Å². The van der Waals surface area contributed by atoms with Gasteiger partial charge in [0.2, 0.25) is 0 Å². The Morgan fingerprint density at radius 3 is 2.00 bits per heavy atom. The fourth-order valence-corrected chi connectivity index (χ4v) is 3.18. The van der Waals surface area contributed by atoms with E-state index in [1.807, 2.05) is 69.2 Å². The summed E-state index contributed by atoms with van der Waals surface area (Å²) in [5.74, 6) is -0.228. The number of amides is 2. The standard InChI is InChI=1S/C24H33N3O2/c1-8-27(9-2)23(29)20-16-19(14-15-21(20)26(6)7)25-22(28)17-10-12-18(13-11-17)24(3,4)5/h10-16H,8-9H2,1-7H3,(H,25,28). The molecule has 156 valence electrons. The summed E-state index contributed by atoms with van der Waals surface area (Å²) in [5, 5.41) is 2.92. The topological polar surface area (TPSA) is 52.7 Å². The number of carbonyl (C=O) groups is 2. The third-order valence-electron chi connectivity index (χ3n) is 5.03. The average molecular weight is 396 g/mol. The zero-order valence-electron chi connectivity index (χ0n) is 18.7. The van der Waals surface area contributed by atoms with E-state index in [0.717, 1.165) is 5.69 Å². The second kappa shape index (κ2) is 9.12. The summed E-state index contributed by atoms with van der Waals surface area (Å²) in [6, 6.07) is 13.1. The highest BCUT2D eigenvalue weighted by Gasteiger charge is 2.19. The Morgan fingerprint density at radius 1 is 0.931 bits per heavy atom. The summed E-state index contributed by atoms with van der Waals surface area (Å²) in [6.07, 6.45) is 0. The Kier molecular flexibility index (Phi) is 7.07. The summed E-state index contributed by atoms with van der Waals surface area (Å²) >= 11 is 0. The monoisotopic (exact) mass is 395 g/mol. The molecule has 0 atom stereocenters. The van der Waals surface area contributed by atoms with Gasteiger partial charge >= 0.3 is 0 Å². The molecule has 0 aliphatic heterocycles. The van der Waals surface area contributed by atoms with Crippen LogP contribution in [0.3, 0.4) is 0 Å². The molecule has 2 aromatic carbocycles. The number of nitrogens with one attached hydrogen (secondary N) is 1. The molecule has 0 saturated heterocycles. The molecule has 29 heavy (non-hydrogen) atoms. The van der Waals surface area contributed by atoms with Crippen molar-refractivity contribution in [2.75, 3.05) is 37.4 Å². The molecular weight excluding hydrogens is 362 g/mol. The summed E-state index contributed by atoms with van der Waals surface area (Å²) in [5.41, 5.74) is 3.82. The molecule has 0 bridgehead atoms. The van der Waals surface area contributed by atoms with Crippen molar-refractivity contribution in [3.8, 4) is 0 Å². The minimum atomic E-state index is -0.190. The van der Waals surface area contributed by atoms with Gasteiger partial charge in [0, 0.05) is 44.1 Å². The van der Waals surface area contributed by atoms with E-state index >= 15 is 0 Å². The Balaban J connectivity index is 2.30. The zero-order valence-corrected chi connectivity index (χ0v) is 18.7. The van der Waals surface area contributed by atoms with Crippen LogP contribution in [0.15, 0.2) is 42.5 Å². The van der Waals surface area contributed by atoms with Crippen LogP contribution in [-0.2, 0) is 5.41 Å². The van der Waals surface area contributed by atoms with Gasteiger partial charge in [-0.3, -0.25) is 9.59 Å². The smallest absolute Gasteiger partial charge is 0.256 e. The lowest BCUT2D eigenvalue weighted by Crippen LogP contribution is -2.31. The Bertz CT molecular complexity index is 861. The number of benzene rings is 2. The molecule has 5 heteroatoms. The molecule has 2 rings (SSSR count). The van der Waals surface area contributed by atoms with Crippen molar-refractivity contribution < 1.29 is 9.59 Å². The lowest BCUT2D eigenvalue weighted by Gasteiger charge is -2.23. The minimum Gasteiger partial charge on any atom is -0.377 e. The molecule has 2 aromatic rings. The largest absolute Gasteiger partial charge is 0.377 e. The maximum absolute atomic E-state index is 13.0. The van der Waals surface area contributed by atoms with Crippen LogP contribution in [0.1, 0.15) is 60.9 Å². The van der Waals surface area contributed by atoms with Crippen LogP contribution >= 0.6 is 0 Å². The Morgan fingerprint density at radius 2 is 1.52 bits per heavy atom. The van der Waals surface area contributed by atoms with Crippen molar-refractivity contribution in [1.82, 2.24) is 4.90 Å².